The van der Waals surface area contributed by atoms with Gasteiger partial charge in [-0.25, -0.2) is 0 Å². The van der Waals surface area contributed by atoms with Gasteiger partial charge in [0.2, 0.25) is 0 Å². The topological polar surface area (TPSA) is 40.5 Å². The molecule has 0 aromatic heterocycles. The lowest BCUT2D eigenvalue weighted by Crippen LogP contribution is -2.46. The van der Waals surface area contributed by atoms with Crippen molar-refractivity contribution in [3.8, 4) is 0 Å². The molecule has 1 atom stereocenters. The molecule has 1 N–H and O–H groups in total. The molecule has 4 heteroatoms. The third kappa shape index (κ3) is 4.34. The zero-order valence-corrected chi connectivity index (χ0v) is 11.3. The average molecular weight is 245 g/mol. The Morgan fingerprint density at radius 1 is 1.56 bits per heavy atom. The van der Waals surface area contributed by atoms with Gasteiger partial charge in [-0.1, -0.05) is 20.8 Å². The van der Waals surface area contributed by atoms with Gasteiger partial charge in [0.25, 0.3) is 0 Å². The van der Waals surface area contributed by atoms with E-state index in [1.54, 1.807) is 0 Å². The first-order valence-corrected chi connectivity index (χ1v) is 7.13. The van der Waals surface area contributed by atoms with Crippen molar-refractivity contribution in [1.29, 1.82) is 0 Å². The predicted octanol–water partition coefficient (Wildman–Crippen LogP) is 2.31. The highest BCUT2D eigenvalue weighted by molar-refractivity contribution is 7.99. The molecule has 0 aromatic carbocycles. The van der Waals surface area contributed by atoms with E-state index < -0.39 is 5.97 Å². The largest absolute Gasteiger partial charge is 0.480 e. The van der Waals surface area contributed by atoms with Crippen LogP contribution in [0.4, 0.5) is 0 Å². The molecule has 94 valence electrons. The first kappa shape index (κ1) is 13.8. The summed E-state index contributed by atoms with van der Waals surface area (Å²) < 4.78 is 0. The maximum atomic E-state index is 10.8. The number of nitrogens with zero attached hydrogens (tertiary/aromatic N) is 1. The molecule has 1 fully saturated rings. The molecule has 3 nitrogen and oxygen atoms in total. The van der Waals surface area contributed by atoms with Crippen molar-refractivity contribution < 1.29 is 9.90 Å². The monoisotopic (exact) mass is 245 g/mol. The van der Waals surface area contributed by atoms with E-state index in [9.17, 15) is 4.79 Å². The molecule has 0 saturated carbocycles. The van der Waals surface area contributed by atoms with Crippen molar-refractivity contribution in [2.24, 2.45) is 5.41 Å². The molecule has 1 saturated heterocycles. The highest BCUT2D eigenvalue weighted by atomic mass is 32.2. The van der Waals surface area contributed by atoms with Crippen LogP contribution in [0.25, 0.3) is 0 Å². The maximum absolute atomic E-state index is 10.8. The molecule has 0 amide bonds. The second-order valence-corrected chi connectivity index (χ2v) is 6.43. The fourth-order valence-corrected chi connectivity index (χ4v) is 3.70. The summed E-state index contributed by atoms with van der Waals surface area (Å²) in [5, 5.41) is 8.92. The fourth-order valence-electron chi connectivity index (χ4n) is 2.31. The van der Waals surface area contributed by atoms with E-state index >= 15 is 0 Å². The molecule has 0 radical (unpaired) electrons. The van der Waals surface area contributed by atoms with E-state index in [0.29, 0.717) is 11.5 Å². The maximum Gasteiger partial charge on any atom is 0.317 e. The summed E-state index contributed by atoms with van der Waals surface area (Å²) in [5.74, 6) is 1.56. The molecule has 16 heavy (non-hydrogen) atoms. The Hall–Kier alpha value is -0.220. The summed E-state index contributed by atoms with van der Waals surface area (Å²) in [6, 6.07) is 0.435. The minimum Gasteiger partial charge on any atom is -0.480 e. The second kappa shape index (κ2) is 5.92. The van der Waals surface area contributed by atoms with Crippen LogP contribution in [0.15, 0.2) is 0 Å². The lowest BCUT2D eigenvalue weighted by molar-refractivity contribution is -0.139. The molecule has 0 spiro atoms. The Kier molecular flexibility index (Phi) is 5.12. The minimum absolute atomic E-state index is 0.190. The van der Waals surface area contributed by atoms with Gasteiger partial charge >= 0.3 is 5.97 Å². The molecule has 0 bridgehead atoms. The minimum atomic E-state index is -0.707. The summed E-state index contributed by atoms with van der Waals surface area (Å²) in [4.78, 5) is 13.0. The lowest BCUT2D eigenvalue weighted by Gasteiger charge is -2.40. The number of carbonyl (C=O) groups is 1. The van der Waals surface area contributed by atoms with Crippen molar-refractivity contribution in [1.82, 2.24) is 4.90 Å². The van der Waals surface area contributed by atoms with E-state index in [4.69, 9.17) is 5.11 Å². The fraction of sp³-hybridized carbons (Fsp3) is 0.917. The molecular weight excluding hydrogens is 222 g/mol. The number of rotatable bonds is 5. The molecule has 1 aliphatic rings. The zero-order valence-electron chi connectivity index (χ0n) is 10.5. The van der Waals surface area contributed by atoms with Gasteiger partial charge in [0.05, 0.1) is 6.54 Å². The number of carboxylic acid groups (broad SMARTS) is 1. The first-order chi connectivity index (χ1) is 7.44. The molecule has 0 aliphatic carbocycles. The second-order valence-electron chi connectivity index (χ2n) is 5.40. The molecular formula is C12H23NO2S. The van der Waals surface area contributed by atoms with Gasteiger partial charge in [0, 0.05) is 11.8 Å². The Bertz CT molecular complexity index is 243. The van der Waals surface area contributed by atoms with E-state index in [1.807, 2.05) is 11.8 Å². The van der Waals surface area contributed by atoms with Crippen LogP contribution < -0.4 is 0 Å². The summed E-state index contributed by atoms with van der Waals surface area (Å²) >= 11 is 1.96. The van der Waals surface area contributed by atoms with E-state index in [0.717, 1.165) is 25.1 Å². The quantitative estimate of drug-likeness (QED) is 0.807. The van der Waals surface area contributed by atoms with Crippen LogP contribution in [0.5, 0.6) is 0 Å². The number of thioether (sulfide) groups is 1. The molecule has 1 aliphatic heterocycles. The summed E-state index contributed by atoms with van der Waals surface area (Å²) in [6.07, 6.45) is 2.14. The van der Waals surface area contributed by atoms with Gasteiger partial charge < -0.3 is 5.11 Å². The van der Waals surface area contributed by atoms with Crippen LogP contribution in [0.1, 0.15) is 33.6 Å². The molecule has 1 unspecified atom stereocenters. The van der Waals surface area contributed by atoms with Crippen LogP contribution in [-0.2, 0) is 4.79 Å². The van der Waals surface area contributed by atoms with Crippen LogP contribution >= 0.6 is 11.8 Å². The summed E-state index contributed by atoms with van der Waals surface area (Å²) in [7, 11) is 0. The lowest BCUT2D eigenvalue weighted by atomic mass is 9.87. The number of hydrogen-bond acceptors (Lipinski definition) is 3. The molecule has 1 heterocycles. The Morgan fingerprint density at radius 2 is 2.25 bits per heavy atom. The Morgan fingerprint density at radius 3 is 2.75 bits per heavy atom. The van der Waals surface area contributed by atoms with Gasteiger partial charge in [0.1, 0.15) is 0 Å². The van der Waals surface area contributed by atoms with Gasteiger partial charge in [-0.3, -0.25) is 9.69 Å². The van der Waals surface area contributed by atoms with E-state index in [-0.39, 0.29) is 6.54 Å². The van der Waals surface area contributed by atoms with Crippen molar-refractivity contribution in [2.45, 2.75) is 39.7 Å². The highest BCUT2D eigenvalue weighted by Gasteiger charge is 2.32. The van der Waals surface area contributed by atoms with Crippen LogP contribution in [0.2, 0.25) is 0 Å². The van der Waals surface area contributed by atoms with Crippen molar-refractivity contribution in [3.63, 3.8) is 0 Å². The standard InChI is InChI=1S/C12H23NO2S/c1-4-5-13(7-11(14)15)10-6-12(2,3)9-16-8-10/h10H,4-9H2,1-3H3,(H,14,15). The van der Waals surface area contributed by atoms with Crippen molar-refractivity contribution >= 4 is 17.7 Å². The average Bonchev–Trinajstić information content (AvgIpc) is 2.15. The smallest absolute Gasteiger partial charge is 0.317 e. The first-order valence-electron chi connectivity index (χ1n) is 5.98. The van der Waals surface area contributed by atoms with Gasteiger partial charge in [-0.2, -0.15) is 11.8 Å². The van der Waals surface area contributed by atoms with Gasteiger partial charge in [0.15, 0.2) is 0 Å². The van der Waals surface area contributed by atoms with Gasteiger partial charge in [-0.15, -0.1) is 0 Å². The van der Waals surface area contributed by atoms with Crippen LogP contribution in [-0.4, -0.2) is 46.6 Å². The van der Waals surface area contributed by atoms with Crippen LogP contribution in [0.3, 0.4) is 0 Å². The Balaban J connectivity index is 2.59. The van der Waals surface area contributed by atoms with Crippen molar-refractivity contribution in [3.05, 3.63) is 0 Å². The number of aliphatic carboxylic acids is 1. The predicted molar refractivity (Wildman–Crippen MR) is 69.0 cm³/mol. The molecule has 1 rings (SSSR count). The van der Waals surface area contributed by atoms with E-state index in [2.05, 4.69) is 25.7 Å². The highest BCUT2D eigenvalue weighted by Crippen LogP contribution is 2.35. The summed E-state index contributed by atoms with van der Waals surface area (Å²) in [5.41, 5.74) is 0.345. The zero-order chi connectivity index (χ0) is 12.2. The third-order valence-electron chi connectivity index (χ3n) is 2.96. The SMILES string of the molecule is CCCN(CC(=O)O)C1CSCC(C)(C)C1. The number of hydrogen-bond donors (Lipinski definition) is 1. The van der Waals surface area contributed by atoms with Crippen LogP contribution in [0, 0.1) is 5.41 Å². The third-order valence-corrected chi connectivity index (χ3v) is 4.56. The number of carboxylic acids is 1. The van der Waals surface area contributed by atoms with Crippen molar-refractivity contribution in [2.75, 3.05) is 24.6 Å². The van der Waals surface area contributed by atoms with E-state index in [1.165, 1.54) is 5.75 Å². The molecule has 0 aromatic rings. The Labute approximate surface area is 103 Å². The summed E-state index contributed by atoms with van der Waals surface area (Å²) in [6.45, 7) is 7.74. The van der Waals surface area contributed by atoms with Gasteiger partial charge in [-0.05, 0) is 30.6 Å². The normalized spacial score (nSPS) is 24.6.